The molecule has 0 fully saturated rings. The van der Waals surface area contributed by atoms with Crippen molar-refractivity contribution in [3.8, 4) is 11.5 Å². The molecule has 1 nitrogen and oxygen atoms in total. The molecule has 2 rings (SSSR count). The lowest BCUT2D eigenvalue weighted by atomic mass is 10.2. The largest absolute Gasteiger partial charge is 0.456 e. The summed E-state index contributed by atoms with van der Waals surface area (Å²) in [6.07, 6.45) is 0. The fraction of sp³-hybridized carbons (Fsp3) is 0.0769. The van der Waals surface area contributed by atoms with Crippen molar-refractivity contribution in [3.63, 3.8) is 0 Å². The van der Waals surface area contributed by atoms with Crippen LogP contribution in [0.4, 0.5) is 4.39 Å². The molecule has 2 aromatic carbocycles. The molecule has 2 aromatic rings. The van der Waals surface area contributed by atoms with Gasteiger partial charge in [-0.25, -0.2) is 4.39 Å². The van der Waals surface area contributed by atoms with Crippen molar-refractivity contribution in [1.82, 2.24) is 0 Å². The quantitative estimate of drug-likeness (QED) is 0.508. The molecule has 88 valence electrons. The van der Waals surface area contributed by atoms with E-state index in [0.29, 0.717) is 16.6 Å². The highest BCUT2D eigenvalue weighted by Crippen LogP contribution is 2.31. The summed E-state index contributed by atoms with van der Waals surface area (Å²) in [5.41, 5.74) is 0.534. The van der Waals surface area contributed by atoms with Crippen molar-refractivity contribution in [2.75, 3.05) is 0 Å². The summed E-state index contributed by atoms with van der Waals surface area (Å²) in [4.78, 5) is 0. The van der Waals surface area contributed by atoms with Crippen molar-refractivity contribution < 1.29 is 9.13 Å². The second kappa shape index (κ2) is 5.82. The third-order valence-corrected chi connectivity index (χ3v) is 3.72. The molecule has 0 bridgehead atoms. The lowest BCUT2D eigenvalue weighted by Gasteiger charge is -2.11. The number of para-hydroxylation sites is 1. The molecule has 0 saturated heterocycles. The van der Waals surface area contributed by atoms with E-state index in [-0.39, 0.29) is 5.82 Å². The van der Waals surface area contributed by atoms with E-state index in [1.165, 1.54) is 6.07 Å². The molecule has 0 N–H and O–H groups in total. The zero-order valence-electron chi connectivity index (χ0n) is 8.79. The summed E-state index contributed by atoms with van der Waals surface area (Å²) in [6.45, 7) is 0. The van der Waals surface area contributed by atoms with Gasteiger partial charge in [-0.3, -0.25) is 0 Å². The fourth-order valence-electron chi connectivity index (χ4n) is 1.41. The number of rotatable bonds is 3. The Kier molecular flexibility index (Phi) is 4.39. The summed E-state index contributed by atoms with van der Waals surface area (Å²) in [6, 6.07) is 12.5. The van der Waals surface area contributed by atoms with Crippen molar-refractivity contribution in [1.29, 1.82) is 0 Å². The number of benzene rings is 2. The average Bonchev–Trinajstić information content (AvgIpc) is 2.32. The van der Waals surface area contributed by atoms with Crippen LogP contribution in [0.25, 0.3) is 0 Å². The lowest BCUT2D eigenvalue weighted by Crippen LogP contribution is -1.94. The van der Waals surface area contributed by atoms with Gasteiger partial charge in [0.05, 0.1) is 3.57 Å². The monoisotopic (exact) mass is 406 g/mol. The molecule has 17 heavy (non-hydrogen) atoms. The van der Waals surface area contributed by atoms with Gasteiger partial charge in [-0.05, 0) is 46.9 Å². The highest BCUT2D eigenvalue weighted by molar-refractivity contribution is 14.1. The number of ether oxygens (including phenoxy) is 1. The summed E-state index contributed by atoms with van der Waals surface area (Å²) in [5.74, 6) is 1.03. The first kappa shape index (κ1) is 12.8. The van der Waals surface area contributed by atoms with Gasteiger partial charge < -0.3 is 4.74 Å². The van der Waals surface area contributed by atoms with Crippen LogP contribution < -0.4 is 4.74 Å². The minimum atomic E-state index is -0.259. The van der Waals surface area contributed by atoms with Gasteiger partial charge in [0, 0.05) is 10.9 Å². The molecular formula is C13H9BrFIO. The highest BCUT2D eigenvalue weighted by atomic mass is 127. The number of hydrogen-bond donors (Lipinski definition) is 0. The topological polar surface area (TPSA) is 9.23 Å². The van der Waals surface area contributed by atoms with E-state index < -0.39 is 0 Å². The molecule has 0 saturated carbocycles. The van der Waals surface area contributed by atoms with Crippen LogP contribution in [0, 0.1) is 9.39 Å². The highest BCUT2D eigenvalue weighted by Gasteiger charge is 2.10. The van der Waals surface area contributed by atoms with Crippen LogP contribution in [0.5, 0.6) is 11.5 Å². The van der Waals surface area contributed by atoms with Gasteiger partial charge in [-0.2, -0.15) is 0 Å². The van der Waals surface area contributed by atoms with E-state index in [2.05, 4.69) is 38.5 Å². The van der Waals surface area contributed by atoms with E-state index in [4.69, 9.17) is 4.74 Å². The van der Waals surface area contributed by atoms with Crippen LogP contribution in [-0.4, -0.2) is 0 Å². The van der Waals surface area contributed by atoms with Crippen LogP contribution in [-0.2, 0) is 5.33 Å². The van der Waals surface area contributed by atoms with Gasteiger partial charge in [-0.1, -0.05) is 34.1 Å². The van der Waals surface area contributed by atoms with Crippen LogP contribution in [0.2, 0.25) is 0 Å². The fourth-order valence-corrected chi connectivity index (χ4v) is 2.45. The number of hydrogen-bond acceptors (Lipinski definition) is 1. The molecule has 0 aliphatic carbocycles. The first-order chi connectivity index (χ1) is 8.22. The molecule has 0 aromatic heterocycles. The summed E-state index contributed by atoms with van der Waals surface area (Å²) in [5, 5.41) is 0.429. The normalized spacial score (nSPS) is 10.3. The van der Waals surface area contributed by atoms with Crippen molar-refractivity contribution in [2.45, 2.75) is 5.33 Å². The third kappa shape index (κ3) is 2.98. The first-order valence-corrected chi connectivity index (χ1v) is 7.18. The Hall–Kier alpha value is -0.620. The molecular weight excluding hydrogens is 398 g/mol. The lowest BCUT2D eigenvalue weighted by molar-refractivity contribution is 0.467. The smallest absolute Gasteiger partial charge is 0.140 e. The van der Waals surface area contributed by atoms with Gasteiger partial charge in [0.15, 0.2) is 0 Å². The molecule has 0 aliphatic heterocycles. The van der Waals surface area contributed by atoms with Crippen molar-refractivity contribution in [3.05, 3.63) is 57.4 Å². The molecule has 0 spiro atoms. The molecule has 0 radical (unpaired) electrons. The van der Waals surface area contributed by atoms with Crippen molar-refractivity contribution in [2.24, 2.45) is 0 Å². The molecule has 0 aliphatic rings. The van der Waals surface area contributed by atoms with E-state index in [0.717, 1.165) is 9.32 Å². The zero-order valence-corrected chi connectivity index (χ0v) is 12.5. The van der Waals surface area contributed by atoms with Gasteiger partial charge in [0.25, 0.3) is 0 Å². The Balaban J connectivity index is 2.37. The maximum atomic E-state index is 13.5. The molecule has 0 unspecified atom stereocenters. The van der Waals surface area contributed by atoms with Gasteiger partial charge in [0.2, 0.25) is 0 Å². The molecule has 4 heteroatoms. The predicted octanol–water partition coefficient (Wildman–Crippen LogP) is 5.12. The summed E-state index contributed by atoms with van der Waals surface area (Å²) in [7, 11) is 0. The predicted molar refractivity (Wildman–Crippen MR) is 78.3 cm³/mol. The Morgan fingerprint density at radius 2 is 1.76 bits per heavy atom. The average molecular weight is 407 g/mol. The molecule has 0 amide bonds. The van der Waals surface area contributed by atoms with Crippen LogP contribution >= 0.6 is 38.5 Å². The van der Waals surface area contributed by atoms with E-state index in [9.17, 15) is 4.39 Å². The van der Waals surface area contributed by atoms with Gasteiger partial charge >= 0.3 is 0 Å². The van der Waals surface area contributed by atoms with E-state index in [1.54, 1.807) is 12.1 Å². The molecule has 0 atom stereocenters. The Bertz CT molecular complexity index is 531. The van der Waals surface area contributed by atoms with Crippen LogP contribution in [0.3, 0.4) is 0 Å². The Morgan fingerprint density at radius 3 is 2.47 bits per heavy atom. The number of halogens is 3. The number of alkyl halides is 1. The second-order valence-corrected chi connectivity index (χ2v) is 5.11. The maximum absolute atomic E-state index is 13.5. The zero-order chi connectivity index (χ0) is 12.3. The molecule has 0 heterocycles. The van der Waals surface area contributed by atoms with Crippen LogP contribution in [0.1, 0.15) is 5.56 Å². The Labute approximate surface area is 121 Å². The third-order valence-electron chi connectivity index (χ3n) is 2.27. The second-order valence-electron chi connectivity index (χ2n) is 3.38. The van der Waals surface area contributed by atoms with E-state index in [1.807, 2.05) is 24.3 Å². The maximum Gasteiger partial charge on any atom is 0.140 e. The Morgan fingerprint density at radius 1 is 1.06 bits per heavy atom. The minimum absolute atomic E-state index is 0.259. The van der Waals surface area contributed by atoms with Gasteiger partial charge in [0.1, 0.15) is 17.3 Å². The standard InChI is InChI=1S/C13H9BrFIO/c14-8-9-10(15)4-3-7-12(9)17-13-6-2-1-5-11(13)16/h1-7H,8H2. The summed E-state index contributed by atoms with van der Waals surface area (Å²) < 4.78 is 20.3. The first-order valence-electron chi connectivity index (χ1n) is 4.98. The van der Waals surface area contributed by atoms with Crippen LogP contribution in [0.15, 0.2) is 42.5 Å². The minimum Gasteiger partial charge on any atom is -0.456 e. The van der Waals surface area contributed by atoms with E-state index >= 15 is 0 Å². The summed E-state index contributed by atoms with van der Waals surface area (Å²) >= 11 is 5.46. The van der Waals surface area contributed by atoms with Crippen molar-refractivity contribution >= 4 is 38.5 Å². The SMILES string of the molecule is Fc1cccc(Oc2ccccc2I)c1CBr. The van der Waals surface area contributed by atoms with Gasteiger partial charge in [-0.15, -0.1) is 0 Å².